The number of fused-ring (bicyclic) bond motifs is 1. The van der Waals surface area contributed by atoms with Crippen LogP contribution in [0.15, 0.2) is 12.7 Å². The number of ether oxygens (including phenoxy) is 2. The third-order valence-corrected chi connectivity index (χ3v) is 3.48. The number of hydrogen-bond acceptors (Lipinski definition) is 7. The number of anilines is 1. The zero-order valence-electron chi connectivity index (χ0n) is 15.4. The van der Waals surface area contributed by atoms with Crippen LogP contribution in [0.5, 0.6) is 0 Å². The average Bonchev–Trinajstić information content (AvgIpc) is 2.94. The van der Waals surface area contributed by atoms with Gasteiger partial charge < -0.3 is 19.4 Å². The van der Waals surface area contributed by atoms with Gasteiger partial charge in [-0.3, -0.25) is 5.32 Å². The van der Waals surface area contributed by atoms with Crippen molar-refractivity contribution in [1.29, 1.82) is 0 Å². The number of imidazole rings is 1. The van der Waals surface area contributed by atoms with Crippen LogP contribution < -0.4 is 10.6 Å². The Morgan fingerprint density at radius 1 is 1.32 bits per heavy atom. The second-order valence-electron chi connectivity index (χ2n) is 6.66. The summed E-state index contributed by atoms with van der Waals surface area (Å²) in [6.45, 7) is 6.86. The van der Waals surface area contributed by atoms with Crippen LogP contribution in [0.2, 0.25) is 0 Å². The van der Waals surface area contributed by atoms with E-state index in [9.17, 15) is 4.79 Å². The zero-order chi connectivity index (χ0) is 18.4. The standard InChI is InChI=1S/C16H26N6O3/c1-16(2,3)25-15(23)21-13-12-14(19-9-18-13)22(10-20-12)7-6-11(24-5)8-17-4/h9-11,17H,6-8H2,1-5H3,(H,18,19,21,23). The number of carbonyl (C=O) groups is 1. The number of hydrogen-bond donors (Lipinski definition) is 2. The second kappa shape index (κ2) is 8.21. The SMILES string of the molecule is CNCC(CCn1cnc2c(NC(=O)OC(C)(C)C)ncnc21)OC. The molecule has 2 aromatic rings. The van der Waals surface area contributed by atoms with Crippen LogP contribution in [-0.2, 0) is 16.0 Å². The number of rotatable bonds is 7. The number of methoxy groups -OCH3 is 1. The molecule has 2 aromatic heterocycles. The van der Waals surface area contributed by atoms with E-state index < -0.39 is 11.7 Å². The molecule has 0 saturated carbocycles. The Bertz CT molecular complexity index is 709. The molecule has 0 radical (unpaired) electrons. The van der Waals surface area contributed by atoms with Gasteiger partial charge in [0.1, 0.15) is 11.9 Å². The molecular weight excluding hydrogens is 324 g/mol. The molecule has 0 fully saturated rings. The Hall–Kier alpha value is -2.26. The lowest BCUT2D eigenvalue weighted by atomic mass is 10.2. The number of likely N-dealkylation sites (N-methyl/N-ethyl adjacent to an activating group) is 1. The van der Waals surface area contributed by atoms with E-state index in [2.05, 4.69) is 25.6 Å². The molecule has 2 heterocycles. The van der Waals surface area contributed by atoms with Gasteiger partial charge in [0.05, 0.1) is 12.4 Å². The smallest absolute Gasteiger partial charge is 0.413 e. The molecule has 0 bridgehead atoms. The zero-order valence-corrected chi connectivity index (χ0v) is 15.4. The molecule has 1 amide bonds. The number of aromatic nitrogens is 4. The molecule has 0 aromatic carbocycles. The molecule has 0 aliphatic carbocycles. The van der Waals surface area contributed by atoms with Crippen LogP contribution in [0.25, 0.3) is 11.2 Å². The van der Waals surface area contributed by atoms with Gasteiger partial charge in [-0.2, -0.15) is 0 Å². The summed E-state index contributed by atoms with van der Waals surface area (Å²) in [5.41, 5.74) is 0.592. The van der Waals surface area contributed by atoms with Crippen molar-refractivity contribution in [3.8, 4) is 0 Å². The molecule has 1 unspecified atom stereocenters. The monoisotopic (exact) mass is 350 g/mol. The molecule has 138 valence electrons. The van der Waals surface area contributed by atoms with Crippen molar-refractivity contribution in [2.45, 2.75) is 45.4 Å². The van der Waals surface area contributed by atoms with E-state index in [1.54, 1.807) is 34.2 Å². The third kappa shape index (κ3) is 5.36. The van der Waals surface area contributed by atoms with Crippen LogP contribution in [0.3, 0.4) is 0 Å². The molecule has 1 atom stereocenters. The van der Waals surface area contributed by atoms with E-state index in [0.717, 1.165) is 13.0 Å². The van der Waals surface area contributed by atoms with Gasteiger partial charge in [-0.25, -0.2) is 19.7 Å². The van der Waals surface area contributed by atoms with Crippen molar-refractivity contribution in [3.05, 3.63) is 12.7 Å². The van der Waals surface area contributed by atoms with Gasteiger partial charge >= 0.3 is 6.09 Å². The van der Waals surface area contributed by atoms with Gasteiger partial charge in [0.15, 0.2) is 17.0 Å². The van der Waals surface area contributed by atoms with Crippen molar-refractivity contribution in [1.82, 2.24) is 24.8 Å². The first-order valence-corrected chi connectivity index (χ1v) is 8.17. The highest BCUT2D eigenvalue weighted by Gasteiger charge is 2.19. The van der Waals surface area contributed by atoms with E-state index in [1.165, 1.54) is 6.33 Å². The summed E-state index contributed by atoms with van der Waals surface area (Å²) >= 11 is 0. The predicted octanol–water partition coefficient (Wildman–Crippen LogP) is 1.80. The first-order chi connectivity index (χ1) is 11.8. The van der Waals surface area contributed by atoms with Gasteiger partial charge in [0, 0.05) is 20.2 Å². The van der Waals surface area contributed by atoms with Crippen molar-refractivity contribution in [3.63, 3.8) is 0 Å². The maximum atomic E-state index is 12.0. The fraction of sp³-hybridized carbons (Fsp3) is 0.625. The summed E-state index contributed by atoms with van der Waals surface area (Å²) < 4.78 is 12.6. The molecule has 25 heavy (non-hydrogen) atoms. The van der Waals surface area contributed by atoms with Crippen molar-refractivity contribution < 1.29 is 14.3 Å². The van der Waals surface area contributed by atoms with Crippen LogP contribution in [0.1, 0.15) is 27.2 Å². The molecule has 0 spiro atoms. The Morgan fingerprint density at radius 2 is 2.08 bits per heavy atom. The average molecular weight is 350 g/mol. The van der Waals surface area contributed by atoms with E-state index in [0.29, 0.717) is 23.5 Å². The maximum absolute atomic E-state index is 12.0. The van der Waals surface area contributed by atoms with Crippen LogP contribution >= 0.6 is 0 Å². The van der Waals surface area contributed by atoms with Crippen molar-refractivity contribution >= 4 is 23.1 Å². The molecule has 9 nitrogen and oxygen atoms in total. The number of carbonyl (C=O) groups excluding carboxylic acids is 1. The lowest BCUT2D eigenvalue weighted by molar-refractivity contribution is 0.0635. The van der Waals surface area contributed by atoms with Gasteiger partial charge in [-0.1, -0.05) is 0 Å². The summed E-state index contributed by atoms with van der Waals surface area (Å²) in [5, 5.41) is 5.73. The summed E-state index contributed by atoms with van der Waals surface area (Å²) in [4.78, 5) is 24.7. The number of amides is 1. The number of nitrogens with one attached hydrogen (secondary N) is 2. The highest BCUT2D eigenvalue weighted by atomic mass is 16.6. The van der Waals surface area contributed by atoms with E-state index in [1.807, 2.05) is 11.6 Å². The molecule has 2 rings (SSSR count). The first-order valence-electron chi connectivity index (χ1n) is 8.17. The van der Waals surface area contributed by atoms with Crippen LogP contribution in [-0.4, -0.2) is 58.0 Å². The van der Waals surface area contributed by atoms with E-state index >= 15 is 0 Å². The van der Waals surface area contributed by atoms with Crippen molar-refractivity contribution in [2.24, 2.45) is 0 Å². The Labute approximate surface area is 147 Å². The molecule has 0 aliphatic heterocycles. The highest BCUT2D eigenvalue weighted by Crippen LogP contribution is 2.19. The summed E-state index contributed by atoms with van der Waals surface area (Å²) in [7, 11) is 3.58. The summed E-state index contributed by atoms with van der Waals surface area (Å²) in [6, 6.07) is 0. The highest BCUT2D eigenvalue weighted by molar-refractivity contribution is 5.93. The van der Waals surface area contributed by atoms with Crippen LogP contribution in [0, 0.1) is 0 Å². The van der Waals surface area contributed by atoms with Gasteiger partial charge in [0.25, 0.3) is 0 Å². The fourth-order valence-electron chi connectivity index (χ4n) is 2.35. The molecular formula is C16H26N6O3. The Kier molecular flexibility index (Phi) is 6.27. The minimum atomic E-state index is -0.585. The quantitative estimate of drug-likeness (QED) is 0.785. The predicted molar refractivity (Wildman–Crippen MR) is 94.5 cm³/mol. The summed E-state index contributed by atoms with van der Waals surface area (Å²) in [6.07, 6.45) is 3.42. The Morgan fingerprint density at radius 3 is 2.72 bits per heavy atom. The van der Waals surface area contributed by atoms with Gasteiger partial charge in [-0.15, -0.1) is 0 Å². The minimum Gasteiger partial charge on any atom is -0.444 e. The Balaban J connectivity index is 2.12. The third-order valence-electron chi connectivity index (χ3n) is 3.48. The minimum absolute atomic E-state index is 0.101. The number of nitrogens with zero attached hydrogens (tertiary/aromatic N) is 4. The first kappa shape index (κ1) is 19.1. The molecule has 2 N–H and O–H groups in total. The van der Waals surface area contributed by atoms with Gasteiger partial charge in [-0.05, 0) is 34.2 Å². The molecule has 0 aliphatic rings. The van der Waals surface area contributed by atoms with E-state index in [-0.39, 0.29) is 6.10 Å². The van der Waals surface area contributed by atoms with Gasteiger partial charge in [0.2, 0.25) is 0 Å². The lowest BCUT2D eigenvalue weighted by Crippen LogP contribution is -2.27. The second-order valence-corrected chi connectivity index (χ2v) is 6.66. The largest absolute Gasteiger partial charge is 0.444 e. The maximum Gasteiger partial charge on any atom is 0.413 e. The normalized spacial score (nSPS) is 13.0. The topological polar surface area (TPSA) is 103 Å². The summed E-state index contributed by atoms with van der Waals surface area (Å²) in [5.74, 6) is 0.330. The number of aryl methyl sites for hydroxylation is 1. The van der Waals surface area contributed by atoms with Crippen LogP contribution in [0.4, 0.5) is 10.6 Å². The molecule has 9 heteroatoms. The van der Waals surface area contributed by atoms with E-state index in [4.69, 9.17) is 9.47 Å². The fourth-order valence-corrected chi connectivity index (χ4v) is 2.35. The van der Waals surface area contributed by atoms with Crippen molar-refractivity contribution in [2.75, 3.05) is 26.0 Å². The molecule has 0 saturated heterocycles. The lowest BCUT2D eigenvalue weighted by Gasteiger charge is -2.19.